The average Bonchev–Trinajstić information content (AvgIpc) is 2.59. The fourth-order valence-corrected chi connectivity index (χ4v) is 3.37. The number of unbranched alkanes of at least 4 members (excludes halogenated alkanes) is 1. The summed E-state index contributed by atoms with van der Waals surface area (Å²) in [5.41, 5.74) is 2.58. The van der Waals surface area contributed by atoms with E-state index in [2.05, 4.69) is 9.93 Å². The molecule has 2 rings (SSSR count). The van der Waals surface area contributed by atoms with Crippen LogP contribution in [0.25, 0.3) is 0 Å². The Labute approximate surface area is 159 Å². The van der Waals surface area contributed by atoms with Gasteiger partial charge in [0, 0.05) is 10.6 Å². The highest BCUT2D eigenvalue weighted by atomic mass is 35.5. The van der Waals surface area contributed by atoms with Gasteiger partial charge in [0.25, 0.3) is 10.0 Å². The number of phenolic OH excluding ortho intramolecular Hbond substituents is 1. The lowest BCUT2D eigenvalue weighted by atomic mass is 10.0. The van der Waals surface area contributed by atoms with E-state index in [0.29, 0.717) is 22.7 Å². The minimum Gasteiger partial charge on any atom is -0.507 e. The van der Waals surface area contributed by atoms with Gasteiger partial charge in [0.1, 0.15) is 5.75 Å². The predicted octanol–water partition coefficient (Wildman–Crippen LogP) is 4.54. The highest BCUT2D eigenvalue weighted by Gasteiger charge is 2.16. The van der Waals surface area contributed by atoms with Gasteiger partial charge in [-0.2, -0.15) is 18.4 Å². The molecule has 26 heavy (non-hydrogen) atoms. The van der Waals surface area contributed by atoms with Crippen molar-refractivity contribution in [1.29, 1.82) is 0 Å². The maximum atomic E-state index is 12.5. The summed E-state index contributed by atoms with van der Waals surface area (Å²) in [5, 5.41) is 14.8. The smallest absolute Gasteiger partial charge is 0.276 e. The van der Waals surface area contributed by atoms with Crippen LogP contribution < -0.4 is 4.83 Å². The summed E-state index contributed by atoms with van der Waals surface area (Å²) in [6, 6.07) is 9.66. The van der Waals surface area contributed by atoms with Crippen molar-refractivity contribution in [3.63, 3.8) is 0 Å². The molecule has 0 saturated carbocycles. The predicted molar refractivity (Wildman–Crippen MR) is 105 cm³/mol. The molecule has 5 nitrogen and oxygen atoms in total. The van der Waals surface area contributed by atoms with E-state index < -0.39 is 10.0 Å². The van der Waals surface area contributed by atoms with Gasteiger partial charge in [-0.1, -0.05) is 42.6 Å². The average molecular weight is 395 g/mol. The van der Waals surface area contributed by atoms with Gasteiger partial charge in [-0.25, -0.2) is 0 Å². The Morgan fingerprint density at radius 3 is 2.46 bits per heavy atom. The Bertz CT molecular complexity index is 907. The number of hydrogen-bond acceptors (Lipinski definition) is 4. The number of benzene rings is 2. The number of hydrazone groups is 1. The van der Waals surface area contributed by atoms with Crippen molar-refractivity contribution in [2.75, 3.05) is 0 Å². The second-order valence-corrected chi connectivity index (χ2v) is 8.26. The maximum Gasteiger partial charge on any atom is 0.276 e. The Morgan fingerprint density at radius 2 is 1.85 bits per heavy atom. The Balaban J connectivity index is 2.37. The van der Waals surface area contributed by atoms with Crippen LogP contribution in [0.4, 0.5) is 0 Å². The number of nitrogens with one attached hydrogen (secondary N) is 1. The molecule has 7 heteroatoms. The molecular formula is C19H23ClN2O3S. The molecular weight excluding hydrogens is 372 g/mol. The number of phenols is 1. The summed E-state index contributed by atoms with van der Waals surface area (Å²) in [6.07, 6.45) is 2.22. The van der Waals surface area contributed by atoms with Gasteiger partial charge in [0.05, 0.1) is 10.6 Å². The molecule has 0 spiro atoms. The van der Waals surface area contributed by atoms with Gasteiger partial charge >= 0.3 is 0 Å². The zero-order chi connectivity index (χ0) is 19.3. The van der Waals surface area contributed by atoms with Gasteiger partial charge < -0.3 is 5.11 Å². The van der Waals surface area contributed by atoms with Gasteiger partial charge in [0.2, 0.25) is 0 Å². The van der Waals surface area contributed by atoms with Crippen LogP contribution in [0.5, 0.6) is 5.75 Å². The van der Waals surface area contributed by atoms with E-state index in [9.17, 15) is 13.5 Å². The molecule has 0 heterocycles. The van der Waals surface area contributed by atoms with E-state index in [4.69, 9.17) is 11.6 Å². The molecule has 2 aromatic rings. The molecule has 0 fully saturated rings. The highest BCUT2D eigenvalue weighted by molar-refractivity contribution is 7.89. The number of halogens is 1. The van der Waals surface area contributed by atoms with E-state index in [1.807, 2.05) is 13.8 Å². The lowest BCUT2D eigenvalue weighted by Gasteiger charge is -2.12. The SMILES string of the molecule is CCCCC(=NNS(=O)(=O)c1ccc(C)cc1)c1cc(Cl)c(C)cc1O. The van der Waals surface area contributed by atoms with Crippen molar-refractivity contribution >= 4 is 27.3 Å². The fourth-order valence-electron chi connectivity index (χ4n) is 2.38. The summed E-state index contributed by atoms with van der Waals surface area (Å²) in [5.74, 6) is 0.0243. The monoisotopic (exact) mass is 394 g/mol. The van der Waals surface area contributed by atoms with Crippen LogP contribution in [0.15, 0.2) is 46.4 Å². The topological polar surface area (TPSA) is 78.8 Å². The Morgan fingerprint density at radius 1 is 1.19 bits per heavy atom. The van der Waals surface area contributed by atoms with Crippen LogP contribution in [0.1, 0.15) is 42.9 Å². The lowest BCUT2D eigenvalue weighted by molar-refractivity contribution is 0.473. The minimum absolute atomic E-state index is 0.0243. The second kappa shape index (κ2) is 8.56. The zero-order valence-corrected chi connectivity index (χ0v) is 16.7. The van der Waals surface area contributed by atoms with E-state index in [0.717, 1.165) is 24.0 Å². The first-order valence-corrected chi connectivity index (χ1v) is 10.2. The first kappa shape index (κ1) is 20.3. The molecule has 0 atom stereocenters. The molecule has 2 aromatic carbocycles. The van der Waals surface area contributed by atoms with Gasteiger partial charge in [0.15, 0.2) is 0 Å². The molecule has 0 aromatic heterocycles. The van der Waals surface area contributed by atoms with Crippen LogP contribution in [-0.2, 0) is 10.0 Å². The van der Waals surface area contributed by atoms with E-state index in [1.54, 1.807) is 31.2 Å². The Kier molecular flexibility index (Phi) is 6.67. The lowest BCUT2D eigenvalue weighted by Crippen LogP contribution is -2.21. The summed E-state index contributed by atoms with van der Waals surface area (Å²) in [4.78, 5) is 2.40. The number of hydrogen-bond donors (Lipinski definition) is 2. The summed E-state index contributed by atoms with van der Waals surface area (Å²) < 4.78 is 24.9. The van der Waals surface area contributed by atoms with Crippen LogP contribution >= 0.6 is 11.6 Å². The first-order valence-electron chi connectivity index (χ1n) is 8.39. The molecule has 0 aliphatic heterocycles. The zero-order valence-electron chi connectivity index (χ0n) is 15.1. The molecule has 0 aliphatic rings. The standard InChI is InChI=1S/C19H23ClN2O3S/c1-4-5-6-18(16-12-17(20)14(3)11-19(16)23)21-22-26(24,25)15-9-7-13(2)8-10-15/h7-12,22-23H,4-6H2,1-3H3. The summed E-state index contributed by atoms with van der Waals surface area (Å²) in [7, 11) is -3.79. The third-order valence-electron chi connectivity index (χ3n) is 3.99. The molecule has 0 unspecified atom stereocenters. The van der Waals surface area contributed by atoms with E-state index in [-0.39, 0.29) is 10.6 Å². The van der Waals surface area contributed by atoms with Crippen molar-refractivity contribution in [3.05, 3.63) is 58.1 Å². The first-order chi connectivity index (χ1) is 12.2. The highest BCUT2D eigenvalue weighted by Crippen LogP contribution is 2.27. The summed E-state index contributed by atoms with van der Waals surface area (Å²) in [6.45, 7) is 5.69. The van der Waals surface area contributed by atoms with Crippen molar-refractivity contribution in [2.24, 2.45) is 5.10 Å². The van der Waals surface area contributed by atoms with Gasteiger partial charge in [-0.15, -0.1) is 0 Å². The van der Waals surface area contributed by atoms with Crippen LogP contribution in [-0.4, -0.2) is 19.2 Å². The van der Waals surface area contributed by atoms with E-state index in [1.165, 1.54) is 12.1 Å². The quantitative estimate of drug-likeness (QED) is 0.534. The molecule has 0 bridgehead atoms. The third kappa shape index (κ3) is 4.99. The largest absolute Gasteiger partial charge is 0.507 e. The maximum absolute atomic E-state index is 12.5. The van der Waals surface area contributed by atoms with Crippen LogP contribution in [0.2, 0.25) is 5.02 Å². The third-order valence-corrected chi connectivity index (χ3v) is 5.62. The second-order valence-electron chi connectivity index (χ2n) is 6.19. The van der Waals surface area contributed by atoms with E-state index >= 15 is 0 Å². The van der Waals surface area contributed by atoms with Gasteiger partial charge in [-0.05, 0) is 56.5 Å². The van der Waals surface area contributed by atoms with Crippen LogP contribution in [0, 0.1) is 13.8 Å². The molecule has 140 valence electrons. The van der Waals surface area contributed by atoms with Crippen molar-refractivity contribution in [3.8, 4) is 5.75 Å². The van der Waals surface area contributed by atoms with Gasteiger partial charge in [-0.3, -0.25) is 0 Å². The normalized spacial score (nSPS) is 12.2. The number of rotatable bonds is 7. The van der Waals surface area contributed by atoms with Crippen molar-refractivity contribution in [2.45, 2.75) is 44.9 Å². The number of sulfonamides is 1. The molecule has 2 N–H and O–H groups in total. The minimum atomic E-state index is -3.79. The molecule has 0 saturated heterocycles. The molecule has 0 aliphatic carbocycles. The van der Waals surface area contributed by atoms with Crippen molar-refractivity contribution in [1.82, 2.24) is 4.83 Å². The van der Waals surface area contributed by atoms with Crippen LogP contribution in [0.3, 0.4) is 0 Å². The van der Waals surface area contributed by atoms with Crippen molar-refractivity contribution < 1.29 is 13.5 Å². The summed E-state index contributed by atoms with van der Waals surface area (Å²) >= 11 is 6.16. The number of nitrogens with zero attached hydrogens (tertiary/aromatic N) is 1. The fraction of sp³-hybridized carbons (Fsp3) is 0.316. The molecule has 0 amide bonds. The number of aryl methyl sites for hydroxylation is 2. The number of aromatic hydroxyl groups is 1. The Hall–Kier alpha value is -2.05. The molecule has 0 radical (unpaired) electrons.